The molecule has 0 radical (unpaired) electrons. The van der Waals surface area contributed by atoms with Crippen LogP contribution in [0, 0.1) is 11.7 Å². The number of hydrogen-bond acceptors (Lipinski definition) is 2. The number of rotatable bonds is 5. The standard InChI is InChI=1S/C15H20F4N2/c16-13-7-6-11(9-12(13)15(17,18)19)14(21-20)8-5-10-3-1-2-4-10/h6-7,9-10,14,21H,1-5,8,20H2. The van der Waals surface area contributed by atoms with Crippen molar-refractivity contribution in [2.75, 3.05) is 0 Å². The van der Waals surface area contributed by atoms with Gasteiger partial charge in [-0.2, -0.15) is 13.2 Å². The second-order valence-corrected chi connectivity index (χ2v) is 5.68. The molecule has 2 rings (SSSR count). The average molecular weight is 304 g/mol. The minimum Gasteiger partial charge on any atom is -0.271 e. The predicted molar refractivity (Wildman–Crippen MR) is 72.7 cm³/mol. The maximum Gasteiger partial charge on any atom is 0.419 e. The van der Waals surface area contributed by atoms with Gasteiger partial charge >= 0.3 is 6.18 Å². The van der Waals surface area contributed by atoms with E-state index in [2.05, 4.69) is 5.43 Å². The summed E-state index contributed by atoms with van der Waals surface area (Å²) in [7, 11) is 0. The fraction of sp³-hybridized carbons (Fsp3) is 0.600. The third kappa shape index (κ3) is 4.17. The third-order valence-electron chi connectivity index (χ3n) is 4.24. The normalized spacial score (nSPS) is 18.1. The molecule has 0 aromatic heterocycles. The molecule has 0 saturated heterocycles. The smallest absolute Gasteiger partial charge is 0.271 e. The first-order chi connectivity index (χ1) is 9.91. The molecule has 118 valence electrons. The van der Waals surface area contributed by atoms with Gasteiger partial charge in [-0.15, -0.1) is 0 Å². The molecule has 0 spiro atoms. The Morgan fingerprint density at radius 2 is 1.90 bits per heavy atom. The van der Waals surface area contributed by atoms with Gasteiger partial charge in [-0.05, 0) is 36.5 Å². The Kier molecular flexibility index (Phi) is 5.22. The van der Waals surface area contributed by atoms with Crippen LogP contribution in [0.5, 0.6) is 0 Å². The Morgan fingerprint density at radius 3 is 2.48 bits per heavy atom. The Labute approximate surface area is 121 Å². The lowest BCUT2D eigenvalue weighted by atomic mass is 9.94. The van der Waals surface area contributed by atoms with Crippen LogP contribution in [0.2, 0.25) is 0 Å². The van der Waals surface area contributed by atoms with Crippen LogP contribution in [0.4, 0.5) is 17.6 Å². The van der Waals surface area contributed by atoms with Crippen molar-refractivity contribution in [2.24, 2.45) is 11.8 Å². The average Bonchev–Trinajstić information content (AvgIpc) is 2.93. The van der Waals surface area contributed by atoms with Crippen LogP contribution in [0.25, 0.3) is 0 Å². The topological polar surface area (TPSA) is 38.0 Å². The summed E-state index contributed by atoms with van der Waals surface area (Å²) in [4.78, 5) is 0. The lowest BCUT2D eigenvalue weighted by Gasteiger charge is -2.20. The molecule has 1 atom stereocenters. The molecule has 0 amide bonds. The second-order valence-electron chi connectivity index (χ2n) is 5.68. The summed E-state index contributed by atoms with van der Waals surface area (Å²) in [6.07, 6.45) is 1.69. The van der Waals surface area contributed by atoms with Crippen molar-refractivity contribution >= 4 is 0 Å². The molecule has 1 saturated carbocycles. The number of hydrazine groups is 1. The summed E-state index contributed by atoms with van der Waals surface area (Å²) in [5.41, 5.74) is 1.69. The summed E-state index contributed by atoms with van der Waals surface area (Å²) in [6, 6.07) is 2.70. The SMILES string of the molecule is NNC(CCC1CCCC1)c1ccc(F)c(C(F)(F)F)c1. The molecule has 2 nitrogen and oxygen atoms in total. The summed E-state index contributed by atoms with van der Waals surface area (Å²) >= 11 is 0. The Bertz CT molecular complexity index is 467. The molecule has 0 bridgehead atoms. The van der Waals surface area contributed by atoms with Crippen molar-refractivity contribution in [1.82, 2.24) is 5.43 Å². The number of halogens is 4. The van der Waals surface area contributed by atoms with E-state index >= 15 is 0 Å². The van der Waals surface area contributed by atoms with E-state index in [0.29, 0.717) is 17.9 Å². The van der Waals surface area contributed by atoms with Crippen LogP contribution in [0.1, 0.15) is 55.7 Å². The van der Waals surface area contributed by atoms with Gasteiger partial charge in [-0.1, -0.05) is 31.7 Å². The quantitative estimate of drug-likeness (QED) is 0.483. The van der Waals surface area contributed by atoms with E-state index in [0.717, 1.165) is 18.6 Å². The first-order valence-electron chi connectivity index (χ1n) is 7.24. The summed E-state index contributed by atoms with van der Waals surface area (Å²) in [5.74, 6) is 4.84. The van der Waals surface area contributed by atoms with E-state index < -0.39 is 17.6 Å². The lowest BCUT2D eigenvalue weighted by molar-refractivity contribution is -0.140. The molecule has 1 aromatic rings. The van der Waals surface area contributed by atoms with Crippen molar-refractivity contribution in [3.8, 4) is 0 Å². The van der Waals surface area contributed by atoms with E-state index in [1.807, 2.05) is 0 Å². The maximum atomic E-state index is 13.3. The first-order valence-corrected chi connectivity index (χ1v) is 7.24. The number of nitrogens with two attached hydrogens (primary N) is 1. The molecular formula is C15H20F4N2. The largest absolute Gasteiger partial charge is 0.419 e. The van der Waals surface area contributed by atoms with E-state index in [9.17, 15) is 17.6 Å². The minimum absolute atomic E-state index is 0.379. The van der Waals surface area contributed by atoms with Gasteiger partial charge in [0.25, 0.3) is 0 Å². The van der Waals surface area contributed by atoms with Gasteiger partial charge in [0, 0.05) is 6.04 Å². The van der Waals surface area contributed by atoms with Gasteiger partial charge in [-0.25, -0.2) is 4.39 Å². The highest BCUT2D eigenvalue weighted by atomic mass is 19.4. The van der Waals surface area contributed by atoms with E-state index in [4.69, 9.17) is 5.84 Å². The minimum atomic E-state index is -4.69. The highest BCUT2D eigenvalue weighted by Crippen LogP contribution is 2.35. The molecule has 21 heavy (non-hydrogen) atoms. The van der Waals surface area contributed by atoms with Crippen LogP contribution in [-0.2, 0) is 6.18 Å². The number of alkyl halides is 3. The molecule has 0 heterocycles. The van der Waals surface area contributed by atoms with Crippen LogP contribution < -0.4 is 11.3 Å². The predicted octanol–water partition coefficient (Wildman–Crippen LogP) is 4.32. The van der Waals surface area contributed by atoms with Gasteiger partial charge in [0.05, 0.1) is 5.56 Å². The maximum absolute atomic E-state index is 13.3. The van der Waals surface area contributed by atoms with E-state index in [1.54, 1.807) is 0 Å². The Morgan fingerprint density at radius 1 is 1.24 bits per heavy atom. The van der Waals surface area contributed by atoms with E-state index in [-0.39, 0.29) is 6.04 Å². The number of nitrogens with one attached hydrogen (secondary N) is 1. The highest BCUT2D eigenvalue weighted by Gasteiger charge is 2.34. The van der Waals surface area contributed by atoms with Crippen molar-refractivity contribution < 1.29 is 17.6 Å². The molecule has 1 unspecified atom stereocenters. The van der Waals surface area contributed by atoms with Crippen LogP contribution in [-0.4, -0.2) is 0 Å². The fourth-order valence-electron chi connectivity index (χ4n) is 3.02. The van der Waals surface area contributed by atoms with E-state index in [1.165, 1.54) is 31.7 Å². The number of benzene rings is 1. The zero-order valence-corrected chi connectivity index (χ0v) is 11.7. The molecule has 0 aliphatic heterocycles. The first kappa shape index (κ1) is 16.2. The molecule has 1 aliphatic carbocycles. The molecule has 1 fully saturated rings. The monoisotopic (exact) mass is 304 g/mol. The fourth-order valence-corrected chi connectivity index (χ4v) is 3.02. The van der Waals surface area contributed by atoms with Crippen molar-refractivity contribution in [2.45, 2.75) is 50.7 Å². The summed E-state index contributed by atoms with van der Waals surface area (Å²) in [6.45, 7) is 0. The molecule has 1 aromatic carbocycles. The van der Waals surface area contributed by atoms with Gasteiger partial charge in [0.15, 0.2) is 0 Å². The molecular weight excluding hydrogens is 284 g/mol. The number of hydrogen-bond donors (Lipinski definition) is 2. The van der Waals surface area contributed by atoms with Gasteiger partial charge in [-0.3, -0.25) is 11.3 Å². The van der Waals surface area contributed by atoms with Crippen molar-refractivity contribution in [1.29, 1.82) is 0 Å². The molecule has 1 aliphatic rings. The zero-order valence-electron chi connectivity index (χ0n) is 11.7. The summed E-state index contributed by atoms with van der Waals surface area (Å²) in [5, 5.41) is 0. The van der Waals surface area contributed by atoms with Crippen molar-refractivity contribution in [3.63, 3.8) is 0 Å². The zero-order chi connectivity index (χ0) is 15.5. The Hall–Kier alpha value is -1.14. The Balaban J connectivity index is 2.10. The third-order valence-corrected chi connectivity index (χ3v) is 4.24. The molecule has 3 N–H and O–H groups in total. The van der Waals surface area contributed by atoms with Crippen LogP contribution in [0.15, 0.2) is 18.2 Å². The van der Waals surface area contributed by atoms with Gasteiger partial charge < -0.3 is 0 Å². The molecule has 6 heteroatoms. The second kappa shape index (κ2) is 6.75. The lowest BCUT2D eigenvalue weighted by Crippen LogP contribution is -2.28. The van der Waals surface area contributed by atoms with Crippen LogP contribution in [0.3, 0.4) is 0 Å². The highest BCUT2D eigenvalue weighted by molar-refractivity contribution is 5.29. The van der Waals surface area contributed by atoms with Gasteiger partial charge in [0.1, 0.15) is 5.82 Å². The van der Waals surface area contributed by atoms with Crippen molar-refractivity contribution in [3.05, 3.63) is 35.1 Å². The van der Waals surface area contributed by atoms with Gasteiger partial charge in [0.2, 0.25) is 0 Å². The van der Waals surface area contributed by atoms with Crippen LogP contribution >= 0.6 is 0 Å². The summed E-state index contributed by atoms with van der Waals surface area (Å²) < 4.78 is 51.5.